The van der Waals surface area contributed by atoms with Crippen LogP contribution in [0.5, 0.6) is 0 Å². The molecule has 1 aromatic heterocycles. The Morgan fingerprint density at radius 3 is 3.06 bits per heavy atom. The molecule has 0 spiro atoms. The number of nitrogens with zero attached hydrogens (tertiary/aromatic N) is 1. The summed E-state index contributed by atoms with van der Waals surface area (Å²) in [5, 5.41) is 4.44. The normalized spacial score (nSPS) is 11.2. The highest BCUT2D eigenvalue weighted by Crippen LogP contribution is 2.20. The van der Waals surface area contributed by atoms with Crippen molar-refractivity contribution in [1.29, 1.82) is 0 Å². The molecule has 0 saturated heterocycles. The van der Waals surface area contributed by atoms with E-state index >= 15 is 0 Å². The smallest absolute Gasteiger partial charge is 0.166 e. The van der Waals surface area contributed by atoms with Gasteiger partial charge in [-0.15, -0.1) is 0 Å². The Kier molecular flexibility index (Phi) is 5.08. The van der Waals surface area contributed by atoms with E-state index in [0.29, 0.717) is 0 Å². The Morgan fingerprint density at radius 2 is 2.22 bits per heavy atom. The lowest BCUT2D eigenvalue weighted by molar-refractivity contribution is 0.664. The van der Waals surface area contributed by atoms with Gasteiger partial charge in [0.15, 0.2) is 5.16 Å². The molecule has 3 nitrogen and oxygen atoms in total. The number of aryl methyl sites for hydroxylation is 1. The van der Waals surface area contributed by atoms with Crippen molar-refractivity contribution < 1.29 is 0 Å². The predicted octanol–water partition coefficient (Wildman–Crippen LogP) is 3.35. The van der Waals surface area contributed by atoms with Crippen LogP contribution in [0.4, 0.5) is 0 Å². The first-order chi connectivity index (χ1) is 8.79. The zero-order chi connectivity index (χ0) is 12.8. The predicted molar refractivity (Wildman–Crippen MR) is 79.3 cm³/mol. The monoisotopic (exact) mass is 263 g/mol. The van der Waals surface area contributed by atoms with Crippen molar-refractivity contribution in [3.05, 3.63) is 23.8 Å². The number of benzene rings is 1. The Morgan fingerprint density at radius 1 is 1.33 bits per heavy atom. The van der Waals surface area contributed by atoms with Gasteiger partial charge in [0.05, 0.1) is 11.0 Å². The van der Waals surface area contributed by atoms with Crippen molar-refractivity contribution in [2.24, 2.45) is 0 Å². The molecule has 0 atom stereocenters. The Bertz CT molecular complexity index is 493. The summed E-state index contributed by atoms with van der Waals surface area (Å²) in [4.78, 5) is 7.94. The van der Waals surface area contributed by atoms with Gasteiger partial charge in [-0.1, -0.05) is 24.8 Å². The van der Waals surface area contributed by atoms with Crippen LogP contribution in [0.1, 0.15) is 25.3 Å². The molecule has 0 saturated carbocycles. The fourth-order valence-electron chi connectivity index (χ4n) is 1.84. The molecule has 0 bridgehead atoms. The second-order valence-electron chi connectivity index (χ2n) is 4.51. The molecule has 98 valence electrons. The summed E-state index contributed by atoms with van der Waals surface area (Å²) >= 11 is 1.80. The molecule has 0 amide bonds. The number of hydrogen-bond donors (Lipinski definition) is 2. The third-order valence-electron chi connectivity index (χ3n) is 2.78. The maximum absolute atomic E-state index is 4.57. The van der Waals surface area contributed by atoms with Crippen molar-refractivity contribution in [2.45, 2.75) is 31.8 Å². The molecule has 1 heterocycles. The van der Waals surface area contributed by atoms with Crippen molar-refractivity contribution in [1.82, 2.24) is 15.3 Å². The minimum absolute atomic E-state index is 1.03. The van der Waals surface area contributed by atoms with Gasteiger partial charge in [0.2, 0.25) is 0 Å². The summed E-state index contributed by atoms with van der Waals surface area (Å²) in [6.45, 7) is 6.51. The lowest BCUT2D eigenvalue weighted by Crippen LogP contribution is -2.16. The molecule has 0 aliphatic carbocycles. The summed E-state index contributed by atoms with van der Waals surface area (Å²) in [6.07, 6.45) is 2.39. The fourth-order valence-corrected chi connectivity index (χ4v) is 2.66. The summed E-state index contributed by atoms with van der Waals surface area (Å²) in [6, 6.07) is 6.33. The van der Waals surface area contributed by atoms with E-state index in [-0.39, 0.29) is 0 Å². The first-order valence-corrected chi connectivity index (χ1v) is 7.58. The minimum atomic E-state index is 1.03. The van der Waals surface area contributed by atoms with Crippen LogP contribution in [0.15, 0.2) is 23.4 Å². The van der Waals surface area contributed by atoms with Crippen molar-refractivity contribution in [2.75, 3.05) is 18.8 Å². The highest BCUT2D eigenvalue weighted by Gasteiger charge is 2.02. The molecule has 0 radical (unpaired) electrons. The van der Waals surface area contributed by atoms with Gasteiger partial charge >= 0.3 is 0 Å². The Hall–Kier alpha value is -1.00. The van der Waals surface area contributed by atoms with Crippen LogP contribution in [0.2, 0.25) is 0 Å². The van der Waals surface area contributed by atoms with Crippen LogP contribution in [0, 0.1) is 6.92 Å². The molecule has 2 rings (SSSR count). The number of thioether (sulfide) groups is 1. The number of nitrogens with one attached hydrogen (secondary N) is 2. The Balaban J connectivity index is 1.81. The lowest BCUT2D eigenvalue weighted by atomic mass is 10.2. The minimum Gasteiger partial charge on any atom is -0.333 e. The molecule has 0 aliphatic heterocycles. The number of imidazole rings is 1. The summed E-state index contributed by atoms with van der Waals surface area (Å²) in [7, 11) is 0. The largest absolute Gasteiger partial charge is 0.333 e. The SMILES string of the molecule is CCCNCCCSc1nc2ccc(C)cc2[nH]1. The van der Waals surface area contributed by atoms with Crippen LogP contribution in [0.3, 0.4) is 0 Å². The van der Waals surface area contributed by atoms with Crippen molar-refractivity contribution in [3.63, 3.8) is 0 Å². The third kappa shape index (κ3) is 3.75. The van der Waals surface area contributed by atoms with Gasteiger partial charge in [-0.3, -0.25) is 0 Å². The number of rotatable bonds is 7. The van der Waals surface area contributed by atoms with Crippen LogP contribution in [-0.4, -0.2) is 28.8 Å². The van der Waals surface area contributed by atoms with Gasteiger partial charge in [-0.25, -0.2) is 4.98 Å². The van der Waals surface area contributed by atoms with E-state index in [1.165, 1.54) is 18.4 Å². The average Bonchev–Trinajstić information content (AvgIpc) is 2.75. The molecule has 0 aliphatic rings. The third-order valence-corrected chi connectivity index (χ3v) is 3.74. The molecule has 2 N–H and O–H groups in total. The molecule has 2 aromatic rings. The molecule has 4 heteroatoms. The Labute approximate surface area is 113 Å². The second kappa shape index (κ2) is 6.81. The van der Waals surface area contributed by atoms with E-state index in [1.54, 1.807) is 11.8 Å². The first kappa shape index (κ1) is 13.4. The van der Waals surface area contributed by atoms with E-state index in [0.717, 1.165) is 35.0 Å². The highest BCUT2D eigenvalue weighted by molar-refractivity contribution is 7.99. The number of H-pyrrole nitrogens is 1. The van der Waals surface area contributed by atoms with Gasteiger partial charge in [-0.05, 0) is 50.6 Å². The van der Waals surface area contributed by atoms with E-state index in [4.69, 9.17) is 0 Å². The van der Waals surface area contributed by atoms with Crippen LogP contribution in [0.25, 0.3) is 11.0 Å². The van der Waals surface area contributed by atoms with Gasteiger partial charge in [-0.2, -0.15) is 0 Å². The van der Waals surface area contributed by atoms with Gasteiger partial charge in [0.25, 0.3) is 0 Å². The zero-order valence-electron chi connectivity index (χ0n) is 11.1. The quantitative estimate of drug-likeness (QED) is 0.594. The van der Waals surface area contributed by atoms with Crippen LogP contribution in [-0.2, 0) is 0 Å². The van der Waals surface area contributed by atoms with Crippen molar-refractivity contribution >= 4 is 22.8 Å². The molecular formula is C14H21N3S. The zero-order valence-corrected chi connectivity index (χ0v) is 11.9. The molecule has 0 fully saturated rings. The van der Waals surface area contributed by atoms with Crippen LogP contribution >= 0.6 is 11.8 Å². The van der Waals surface area contributed by atoms with E-state index in [1.807, 2.05) is 0 Å². The van der Waals surface area contributed by atoms with Crippen molar-refractivity contribution in [3.8, 4) is 0 Å². The first-order valence-electron chi connectivity index (χ1n) is 6.59. The standard InChI is InChI=1S/C14H21N3S/c1-3-7-15-8-4-9-18-14-16-12-6-5-11(2)10-13(12)17-14/h5-6,10,15H,3-4,7-9H2,1-2H3,(H,16,17). The molecule has 1 aromatic carbocycles. The van der Waals surface area contributed by atoms with E-state index < -0.39 is 0 Å². The lowest BCUT2D eigenvalue weighted by Gasteiger charge is -2.01. The average molecular weight is 263 g/mol. The fraction of sp³-hybridized carbons (Fsp3) is 0.500. The molecule has 0 unspecified atom stereocenters. The summed E-state index contributed by atoms with van der Waals surface area (Å²) in [5.41, 5.74) is 3.47. The maximum atomic E-state index is 4.57. The molecular weight excluding hydrogens is 242 g/mol. The number of hydrogen-bond acceptors (Lipinski definition) is 3. The second-order valence-corrected chi connectivity index (χ2v) is 5.60. The number of aromatic nitrogens is 2. The van der Waals surface area contributed by atoms with Crippen LogP contribution < -0.4 is 5.32 Å². The van der Waals surface area contributed by atoms with E-state index in [2.05, 4.69) is 47.3 Å². The summed E-state index contributed by atoms with van der Waals surface area (Å²) in [5.74, 6) is 1.11. The topological polar surface area (TPSA) is 40.7 Å². The van der Waals surface area contributed by atoms with Gasteiger partial charge < -0.3 is 10.3 Å². The number of fused-ring (bicyclic) bond motifs is 1. The van der Waals surface area contributed by atoms with Gasteiger partial charge in [0.1, 0.15) is 0 Å². The highest BCUT2D eigenvalue weighted by atomic mass is 32.2. The maximum Gasteiger partial charge on any atom is 0.166 e. The van der Waals surface area contributed by atoms with E-state index in [9.17, 15) is 0 Å². The van der Waals surface area contributed by atoms with Gasteiger partial charge in [0, 0.05) is 5.75 Å². The summed E-state index contributed by atoms with van der Waals surface area (Å²) < 4.78 is 0. The molecule has 18 heavy (non-hydrogen) atoms. The number of aromatic amines is 1.